The van der Waals surface area contributed by atoms with Crippen LogP contribution in [0.5, 0.6) is 11.5 Å². The zero-order chi connectivity index (χ0) is 27.5. The summed E-state index contributed by atoms with van der Waals surface area (Å²) in [5.74, 6) is 0.476. The lowest BCUT2D eigenvalue weighted by molar-refractivity contribution is -0.123. The minimum Gasteiger partial charge on any atom is -0.497 e. The molecular weight excluding hydrogens is 482 g/mol. The lowest BCUT2D eigenvalue weighted by Crippen LogP contribution is -2.47. The van der Waals surface area contributed by atoms with Crippen molar-refractivity contribution >= 4 is 17.7 Å². The number of amides is 3. The second-order valence-corrected chi connectivity index (χ2v) is 9.30. The van der Waals surface area contributed by atoms with Gasteiger partial charge in [0.2, 0.25) is 5.91 Å². The number of benzene rings is 3. The molecule has 0 spiro atoms. The topological polar surface area (TPSA) is 106 Å². The maximum atomic E-state index is 13.3. The van der Waals surface area contributed by atoms with Crippen LogP contribution in [-0.4, -0.2) is 38.0 Å². The average Bonchev–Trinajstić information content (AvgIpc) is 2.94. The van der Waals surface area contributed by atoms with Crippen molar-refractivity contribution in [3.8, 4) is 11.5 Å². The molecule has 8 nitrogen and oxygen atoms in total. The quantitative estimate of drug-likeness (QED) is 0.336. The summed E-state index contributed by atoms with van der Waals surface area (Å²) in [5, 5.41) is 8.59. The number of hydrogen-bond donors (Lipinski definition) is 3. The number of methoxy groups -OCH3 is 2. The summed E-state index contributed by atoms with van der Waals surface area (Å²) < 4.78 is 10.3. The van der Waals surface area contributed by atoms with E-state index in [1.165, 1.54) is 0 Å². The zero-order valence-corrected chi connectivity index (χ0v) is 22.2. The largest absolute Gasteiger partial charge is 0.497 e. The van der Waals surface area contributed by atoms with Gasteiger partial charge in [-0.05, 0) is 59.9 Å². The maximum Gasteiger partial charge on any atom is 0.252 e. The van der Waals surface area contributed by atoms with Crippen LogP contribution < -0.4 is 25.4 Å². The molecule has 3 aromatic rings. The van der Waals surface area contributed by atoms with Gasteiger partial charge < -0.3 is 25.4 Å². The van der Waals surface area contributed by atoms with Crippen LogP contribution in [0.4, 0.5) is 0 Å². The molecule has 200 valence electrons. The summed E-state index contributed by atoms with van der Waals surface area (Å²) in [6, 6.07) is 20.6. The fourth-order valence-electron chi connectivity index (χ4n) is 3.89. The molecule has 0 fully saturated rings. The van der Waals surface area contributed by atoms with E-state index in [0.717, 1.165) is 22.6 Å². The normalized spacial score (nSPS) is 11.4. The number of ether oxygens (including phenoxy) is 2. The third-order valence-electron chi connectivity index (χ3n) is 5.98. The van der Waals surface area contributed by atoms with Gasteiger partial charge in [0.15, 0.2) is 0 Å². The van der Waals surface area contributed by atoms with Gasteiger partial charge >= 0.3 is 0 Å². The van der Waals surface area contributed by atoms with Gasteiger partial charge in [-0.1, -0.05) is 50.2 Å². The predicted octanol–water partition coefficient (Wildman–Crippen LogP) is 4.09. The molecule has 8 heteroatoms. The van der Waals surface area contributed by atoms with Crippen LogP contribution in [0.3, 0.4) is 0 Å². The number of nitrogens with one attached hydrogen (secondary N) is 3. The van der Waals surface area contributed by atoms with Crippen LogP contribution in [-0.2, 0) is 17.9 Å². The molecule has 0 aliphatic heterocycles. The molecule has 3 aromatic carbocycles. The van der Waals surface area contributed by atoms with E-state index in [0.29, 0.717) is 19.5 Å². The summed E-state index contributed by atoms with van der Waals surface area (Å²) in [5.41, 5.74) is 2.25. The highest BCUT2D eigenvalue weighted by Crippen LogP contribution is 2.15. The highest BCUT2D eigenvalue weighted by molar-refractivity contribution is 6.08. The average molecular weight is 518 g/mol. The van der Waals surface area contributed by atoms with Crippen LogP contribution >= 0.6 is 0 Å². The second kappa shape index (κ2) is 13.8. The third kappa shape index (κ3) is 8.09. The van der Waals surface area contributed by atoms with Crippen molar-refractivity contribution in [2.24, 2.45) is 5.92 Å². The summed E-state index contributed by atoms with van der Waals surface area (Å²) in [6.07, 6.45) is 0.450. The Bertz CT molecular complexity index is 1220. The van der Waals surface area contributed by atoms with Crippen molar-refractivity contribution < 1.29 is 23.9 Å². The second-order valence-electron chi connectivity index (χ2n) is 9.30. The molecule has 0 radical (unpaired) electrons. The van der Waals surface area contributed by atoms with Gasteiger partial charge in [0, 0.05) is 13.1 Å². The number of carbonyl (C=O) groups excluding carboxylic acids is 3. The van der Waals surface area contributed by atoms with E-state index < -0.39 is 11.9 Å². The first-order valence-corrected chi connectivity index (χ1v) is 12.5. The Morgan fingerprint density at radius 3 is 1.63 bits per heavy atom. The minimum absolute atomic E-state index is 0.162. The Balaban J connectivity index is 1.66. The smallest absolute Gasteiger partial charge is 0.252 e. The van der Waals surface area contributed by atoms with Crippen molar-refractivity contribution in [1.29, 1.82) is 0 Å². The minimum atomic E-state index is -0.754. The Hall–Kier alpha value is -4.33. The molecule has 0 saturated carbocycles. The molecule has 1 atom stereocenters. The molecule has 0 aliphatic carbocycles. The standard InChI is InChI=1S/C30H35N3O5/c1-20(2)17-27(30(36)32-19-22-11-15-24(38-4)16-12-22)33-29(35)26-8-6-5-7-25(26)28(34)31-18-21-9-13-23(37-3)14-10-21/h5-16,20,27H,17-19H2,1-4H3,(H,31,34)(H,32,36)(H,33,35)/t27-/m1/s1. The molecule has 3 rings (SSSR count). The van der Waals surface area contributed by atoms with E-state index >= 15 is 0 Å². The van der Waals surface area contributed by atoms with E-state index in [4.69, 9.17) is 9.47 Å². The Labute approximate surface area is 223 Å². The lowest BCUT2D eigenvalue weighted by Gasteiger charge is -2.21. The Kier molecular flexibility index (Phi) is 10.3. The summed E-state index contributed by atoms with van der Waals surface area (Å²) >= 11 is 0. The van der Waals surface area contributed by atoms with Gasteiger partial charge in [-0.2, -0.15) is 0 Å². The van der Waals surface area contributed by atoms with Crippen molar-refractivity contribution in [1.82, 2.24) is 16.0 Å². The number of rotatable bonds is 12. The molecule has 3 amide bonds. The van der Waals surface area contributed by atoms with Gasteiger partial charge in [0.1, 0.15) is 17.5 Å². The van der Waals surface area contributed by atoms with Gasteiger partial charge in [0.25, 0.3) is 11.8 Å². The highest BCUT2D eigenvalue weighted by atomic mass is 16.5. The SMILES string of the molecule is COc1ccc(CNC(=O)c2ccccc2C(=O)N[C@H](CC(C)C)C(=O)NCc2ccc(OC)cc2)cc1. The molecule has 38 heavy (non-hydrogen) atoms. The van der Waals surface area contributed by atoms with Crippen molar-refractivity contribution in [2.45, 2.75) is 39.4 Å². The Morgan fingerprint density at radius 2 is 1.16 bits per heavy atom. The van der Waals surface area contributed by atoms with Crippen LogP contribution in [0.2, 0.25) is 0 Å². The van der Waals surface area contributed by atoms with E-state index in [2.05, 4.69) is 16.0 Å². The fourth-order valence-corrected chi connectivity index (χ4v) is 3.89. The molecule has 0 bridgehead atoms. The van der Waals surface area contributed by atoms with Crippen molar-refractivity contribution in [3.05, 3.63) is 95.1 Å². The molecule has 0 aromatic heterocycles. The van der Waals surface area contributed by atoms with Crippen LogP contribution in [0.1, 0.15) is 52.1 Å². The lowest BCUT2D eigenvalue weighted by atomic mass is 10.0. The van der Waals surface area contributed by atoms with Gasteiger partial charge in [-0.3, -0.25) is 14.4 Å². The first-order valence-electron chi connectivity index (χ1n) is 12.5. The van der Waals surface area contributed by atoms with Crippen molar-refractivity contribution in [2.75, 3.05) is 14.2 Å². The van der Waals surface area contributed by atoms with E-state index in [1.807, 2.05) is 62.4 Å². The van der Waals surface area contributed by atoms with E-state index in [1.54, 1.807) is 38.5 Å². The van der Waals surface area contributed by atoms with E-state index in [-0.39, 0.29) is 28.9 Å². The molecular formula is C30H35N3O5. The first kappa shape index (κ1) is 28.2. The van der Waals surface area contributed by atoms with Crippen molar-refractivity contribution in [3.63, 3.8) is 0 Å². The predicted molar refractivity (Wildman–Crippen MR) is 146 cm³/mol. The van der Waals surface area contributed by atoms with E-state index in [9.17, 15) is 14.4 Å². The molecule has 0 unspecified atom stereocenters. The fraction of sp³-hybridized carbons (Fsp3) is 0.300. The Morgan fingerprint density at radius 1 is 0.684 bits per heavy atom. The van der Waals surface area contributed by atoms with Gasteiger partial charge in [-0.15, -0.1) is 0 Å². The molecule has 0 aliphatic rings. The summed E-state index contributed by atoms with van der Waals surface area (Å²) in [7, 11) is 3.19. The highest BCUT2D eigenvalue weighted by Gasteiger charge is 2.24. The first-order chi connectivity index (χ1) is 18.3. The number of carbonyl (C=O) groups is 3. The van der Waals surface area contributed by atoms with Crippen LogP contribution in [0.15, 0.2) is 72.8 Å². The van der Waals surface area contributed by atoms with Crippen LogP contribution in [0, 0.1) is 5.92 Å². The molecule has 0 heterocycles. The third-order valence-corrected chi connectivity index (χ3v) is 5.98. The molecule has 0 saturated heterocycles. The summed E-state index contributed by atoms with van der Waals surface area (Å²) in [6.45, 7) is 4.58. The zero-order valence-electron chi connectivity index (χ0n) is 22.2. The van der Waals surface area contributed by atoms with Crippen LogP contribution in [0.25, 0.3) is 0 Å². The maximum absolute atomic E-state index is 13.3. The number of hydrogen-bond acceptors (Lipinski definition) is 5. The van der Waals surface area contributed by atoms with Gasteiger partial charge in [0.05, 0.1) is 25.3 Å². The monoisotopic (exact) mass is 517 g/mol. The molecule has 3 N–H and O–H groups in total. The summed E-state index contributed by atoms with van der Waals surface area (Å²) in [4.78, 5) is 39.2. The van der Waals surface area contributed by atoms with Gasteiger partial charge in [-0.25, -0.2) is 0 Å².